The van der Waals surface area contributed by atoms with Gasteiger partial charge in [0.1, 0.15) is 0 Å². The highest BCUT2D eigenvalue weighted by atomic mass is 19.4. The number of imide groups is 1. The van der Waals surface area contributed by atoms with Crippen LogP contribution in [0.4, 0.5) is 23.7 Å². The van der Waals surface area contributed by atoms with Crippen molar-refractivity contribution in [2.24, 2.45) is 0 Å². The highest BCUT2D eigenvalue weighted by Crippen LogP contribution is 2.36. The van der Waals surface area contributed by atoms with Crippen LogP contribution in [0.2, 0.25) is 0 Å². The van der Waals surface area contributed by atoms with E-state index in [2.05, 4.69) is 0 Å². The predicted molar refractivity (Wildman–Crippen MR) is 74.5 cm³/mol. The maximum atomic E-state index is 13.4. The normalized spacial score (nSPS) is 21.4. The SMILES string of the molecule is CC(=O)N[C@@]1(C(F)(F)F)NC(=O)N(c2ccc(C)c(C)c2)C1=O. The monoisotopic (exact) mass is 329 g/mol. The predicted octanol–water partition coefficient (Wildman–Crippen LogP) is 1.75. The Labute approximate surface area is 129 Å². The molecular weight excluding hydrogens is 315 g/mol. The molecule has 1 atom stereocenters. The van der Waals surface area contributed by atoms with Crippen LogP contribution in [-0.2, 0) is 9.59 Å². The van der Waals surface area contributed by atoms with Gasteiger partial charge < -0.3 is 5.32 Å². The quantitative estimate of drug-likeness (QED) is 0.812. The van der Waals surface area contributed by atoms with E-state index in [0.717, 1.165) is 12.5 Å². The van der Waals surface area contributed by atoms with Crippen molar-refractivity contribution in [2.45, 2.75) is 32.6 Å². The molecule has 4 amide bonds. The van der Waals surface area contributed by atoms with Crippen LogP contribution >= 0.6 is 0 Å². The topological polar surface area (TPSA) is 78.5 Å². The summed E-state index contributed by atoms with van der Waals surface area (Å²) in [5.74, 6) is -2.70. The van der Waals surface area contributed by atoms with Crippen molar-refractivity contribution in [3.8, 4) is 0 Å². The van der Waals surface area contributed by atoms with E-state index in [4.69, 9.17) is 0 Å². The molecule has 1 aliphatic rings. The van der Waals surface area contributed by atoms with E-state index in [-0.39, 0.29) is 5.69 Å². The van der Waals surface area contributed by atoms with Gasteiger partial charge in [-0.05, 0) is 37.1 Å². The van der Waals surface area contributed by atoms with Crippen molar-refractivity contribution < 1.29 is 27.6 Å². The number of anilines is 1. The lowest BCUT2D eigenvalue weighted by Gasteiger charge is -2.29. The fourth-order valence-electron chi connectivity index (χ4n) is 2.24. The summed E-state index contributed by atoms with van der Waals surface area (Å²) in [6.07, 6.45) is -5.19. The Balaban J connectivity index is 2.53. The van der Waals surface area contributed by atoms with Gasteiger partial charge in [0.25, 0.3) is 11.6 Å². The zero-order chi connectivity index (χ0) is 17.6. The summed E-state index contributed by atoms with van der Waals surface area (Å²) in [6.45, 7) is 4.30. The molecule has 1 heterocycles. The number of alkyl halides is 3. The van der Waals surface area contributed by atoms with Gasteiger partial charge in [-0.25, -0.2) is 9.69 Å². The second-order valence-electron chi connectivity index (χ2n) is 5.27. The Morgan fingerprint density at radius 2 is 1.83 bits per heavy atom. The molecule has 2 rings (SSSR count). The van der Waals surface area contributed by atoms with Gasteiger partial charge in [-0.15, -0.1) is 0 Å². The van der Waals surface area contributed by atoms with Crippen LogP contribution in [0.3, 0.4) is 0 Å². The summed E-state index contributed by atoms with van der Waals surface area (Å²) in [5, 5.41) is 3.07. The number of halogens is 3. The molecule has 1 aromatic carbocycles. The second kappa shape index (κ2) is 5.25. The summed E-state index contributed by atoms with van der Waals surface area (Å²) >= 11 is 0. The Morgan fingerprint density at radius 1 is 1.22 bits per heavy atom. The van der Waals surface area contributed by atoms with Crippen molar-refractivity contribution in [1.82, 2.24) is 10.6 Å². The minimum absolute atomic E-state index is 0.00734. The number of rotatable bonds is 2. The number of hydrogen-bond donors (Lipinski definition) is 2. The average molecular weight is 329 g/mol. The van der Waals surface area contributed by atoms with Gasteiger partial charge in [0.15, 0.2) is 0 Å². The summed E-state index contributed by atoms with van der Waals surface area (Å²) in [7, 11) is 0. The molecule has 0 aliphatic carbocycles. The Hall–Kier alpha value is -2.58. The molecule has 1 aliphatic heterocycles. The molecule has 6 nitrogen and oxygen atoms in total. The summed E-state index contributed by atoms with van der Waals surface area (Å²) in [5.41, 5.74) is -1.92. The van der Waals surface area contributed by atoms with Gasteiger partial charge in [0.2, 0.25) is 5.91 Å². The minimum Gasteiger partial charge on any atom is -0.318 e. The molecule has 0 saturated carbocycles. The van der Waals surface area contributed by atoms with Crippen LogP contribution < -0.4 is 15.5 Å². The number of carbonyl (C=O) groups is 3. The summed E-state index contributed by atoms with van der Waals surface area (Å²) in [4.78, 5) is 35.8. The van der Waals surface area contributed by atoms with Gasteiger partial charge in [-0.2, -0.15) is 13.2 Å². The summed E-state index contributed by atoms with van der Waals surface area (Å²) < 4.78 is 40.1. The molecule has 9 heteroatoms. The van der Waals surface area contributed by atoms with E-state index in [9.17, 15) is 27.6 Å². The van der Waals surface area contributed by atoms with Gasteiger partial charge in [-0.1, -0.05) is 6.07 Å². The van der Waals surface area contributed by atoms with Crippen LogP contribution in [0.15, 0.2) is 18.2 Å². The molecule has 2 N–H and O–H groups in total. The zero-order valence-electron chi connectivity index (χ0n) is 12.5. The van der Waals surface area contributed by atoms with Crippen molar-refractivity contribution in [1.29, 1.82) is 0 Å². The van der Waals surface area contributed by atoms with E-state index >= 15 is 0 Å². The van der Waals surface area contributed by atoms with Crippen LogP contribution in [0.25, 0.3) is 0 Å². The molecule has 1 aromatic rings. The fourth-order valence-corrected chi connectivity index (χ4v) is 2.24. The number of nitrogens with one attached hydrogen (secondary N) is 2. The average Bonchev–Trinajstić information content (AvgIpc) is 2.64. The molecule has 124 valence electrons. The van der Waals surface area contributed by atoms with E-state index in [1.165, 1.54) is 17.4 Å². The molecular formula is C14H14F3N3O3. The van der Waals surface area contributed by atoms with Gasteiger partial charge in [0.05, 0.1) is 5.69 Å². The molecule has 1 saturated heterocycles. The van der Waals surface area contributed by atoms with Gasteiger partial charge in [-0.3, -0.25) is 14.9 Å². The Kier molecular flexibility index (Phi) is 3.83. The first-order valence-corrected chi connectivity index (χ1v) is 6.59. The number of benzene rings is 1. The van der Waals surface area contributed by atoms with Gasteiger partial charge in [0, 0.05) is 6.92 Å². The molecule has 0 spiro atoms. The van der Waals surface area contributed by atoms with E-state index in [0.29, 0.717) is 10.5 Å². The first kappa shape index (κ1) is 16.8. The number of urea groups is 1. The fraction of sp³-hybridized carbons (Fsp3) is 0.357. The first-order chi connectivity index (χ1) is 10.5. The number of amides is 4. The lowest BCUT2D eigenvalue weighted by molar-refractivity contribution is -0.201. The third-order valence-electron chi connectivity index (χ3n) is 3.56. The molecule has 23 heavy (non-hydrogen) atoms. The van der Waals surface area contributed by atoms with E-state index in [1.807, 2.05) is 0 Å². The molecule has 0 bridgehead atoms. The first-order valence-electron chi connectivity index (χ1n) is 6.59. The number of carbonyl (C=O) groups excluding carboxylic acids is 3. The Bertz CT molecular complexity index is 702. The second-order valence-corrected chi connectivity index (χ2v) is 5.27. The number of nitrogens with zero attached hydrogens (tertiary/aromatic N) is 1. The van der Waals surface area contributed by atoms with Gasteiger partial charge >= 0.3 is 12.2 Å². The lowest BCUT2D eigenvalue weighted by atomic mass is 10.1. The number of aryl methyl sites for hydroxylation is 2. The highest BCUT2D eigenvalue weighted by Gasteiger charge is 2.68. The smallest absolute Gasteiger partial charge is 0.318 e. The van der Waals surface area contributed by atoms with Crippen molar-refractivity contribution in [3.63, 3.8) is 0 Å². The van der Waals surface area contributed by atoms with Crippen LogP contribution in [-0.4, -0.2) is 29.7 Å². The van der Waals surface area contributed by atoms with E-state index < -0.39 is 29.7 Å². The Morgan fingerprint density at radius 3 is 2.30 bits per heavy atom. The van der Waals surface area contributed by atoms with E-state index in [1.54, 1.807) is 25.2 Å². The van der Waals surface area contributed by atoms with Crippen molar-refractivity contribution in [2.75, 3.05) is 4.90 Å². The van der Waals surface area contributed by atoms with Crippen LogP contribution in [0.5, 0.6) is 0 Å². The maximum absolute atomic E-state index is 13.4. The third kappa shape index (κ3) is 2.62. The van der Waals surface area contributed by atoms with Crippen molar-refractivity contribution >= 4 is 23.5 Å². The highest BCUT2D eigenvalue weighted by molar-refractivity contribution is 6.24. The third-order valence-corrected chi connectivity index (χ3v) is 3.56. The van der Waals surface area contributed by atoms with Crippen LogP contribution in [0.1, 0.15) is 18.1 Å². The number of hydrogen-bond acceptors (Lipinski definition) is 3. The maximum Gasteiger partial charge on any atom is 0.440 e. The van der Waals surface area contributed by atoms with Crippen LogP contribution in [0, 0.1) is 13.8 Å². The largest absolute Gasteiger partial charge is 0.440 e. The zero-order valence-corrected chi connectivity index (χ0v) is 12.5. The van der Waals surface area contributed by atoms with Crippen molar-refractivity contribution in [3.05, 3.63) is 29.3 Å². The molecule has 0 unspecified atom stereocenters. The lowest BCUT2D eigenvalue weighted by Crippen LogP contribution is -2.69. The molecule has 1 fully saturated rings. The summed E-state index contributed by atoms with van der Waals surface area (Å²) in [6, 6.07) is 3.11. The molecule has 0 aromatic heterocycles. The molecule has 0 radical (unpaired) electrons. The minimum atomic E-state index is -5.19. The standard InChI is InChI=1S/C14H14F3N3O3/c1-7-4-5-10(6-8(7)2)20-11(22)13(14(15,16)17,18-9(3)21)19-12(20)23/h4-6H,1-3H3,(H,18,21)(H,19,23)/t13-/m1/s1.